The molecule has 0 aliphatic carbocycles. The Morgan fingerprint density at radius 1 is 0.941 bits per heavy atom. The van der Waals surface area contributed by atoms with Gasteiger partial charge in [0.15, 0.2) is 5.96 Å². The Morgan fingerprint density at radius 3 is 1.97 bits per heavy atom. The molecule has 0 rings (SSSR count). The van der Waals surface area contributed by atoms with Crippen molar-refractivity contribution in [3.8, 4) is 0 Å². The molecule has 0 aromatic rings. The van der Waals surface area contributed by atoms with Gasteiger partial charge in [-0.1, -0.05) is 20.3 Å². The maximum atomic E-state index is 12.9. The van der Waals surface area contributed by atoms with Crippen LogP contribution in [0.5, 0.6) is 0 Å². The topological polar surface area (TPSA) is 278 Å². The number of hydrogen-bond donors (Lipinski definition) is 9. The van der Waals surface area contributed by atoms with Gasteiger partial charge in [-0.2, -0.15) is 0 Å². The Hall–Kier alpha value is -3.46. The summed E-state index contributed by atoms with van der Waals surface area (Å²) in [4.78, 5) is 64.4. The number of nitrogens with two attached hydrogens (primary N) is 4. The monoisotopic (exact) mass is 488 g/mol. The highest BCUT2D eigenvalue weighted by molar-refractivity contribution is 5.96. The SMILES string of the molecule is CCC(C)C(NC(=O)C(CC(N)=O)NC(=O)C(CCCN=C(N)N)NC(=O)C(N)CO)C(=O)O. The van der Waals surface area contributed by atoms with Gasteiger partial charge in [0.25, 0.3) is 0 Å². The summed E-state index contributed by atoms with van der Waals surface area (Å²) in [6, 6.07) is -5.29. The van der Waals surface area contributed by atoms with Gasteiger partial charge in [0, 0.05) is 6.54 Å². The van der Waals surface area contributed by atoms with Crippen LogP contribution in [0.15, 0.2) is 4.99 Å². The van der Waals surface area contributed by atoms with Gasteiger partial charge in [0.1, 0.15) is 24.2 Å². The van der Waals surface area contributed by atoms with Crippen LogP contribution in [0.1, 0.15) is 39.5 Å². The van der Waals surface area contributed by atoms with Crippen LogP contribution in [-0.4, -0.2) is 83.1 Å². The van der Waals surface area contributed by atoms with E-state index in [0.29, 0.717) is 6.42 Å². The Balaban J connectivity index is 5.60. The third kappa shape index (κ3) is 11.4. The van der Waals surface area contributed by atoms with Crippen molar-refractivity contribution in [1.29, 1.82) is 0 Å². The normalized spacial score (nSPS) is 15.1. The molecule has 0 aromatic carbocycles. The quantitative estimate of drug-likeness (QED) is 0.0573. The molecule has 34 heavy (non-hydrogen) atoms. The summed E-state index contributed by atoms with van der Waals surface area (Å²) < 4.78 is 0. The number of rotatable bonds is 16. The molecule has 194 valence electrons. The predicted octanol–water partition coefficient (Wildman–Crippen LogP) is -4.18. The van der Waals surface area contributed by atoms with Gasteiger partial charge in [0.2, 0.25) is 23.6 Å². The van der Waals surface area contributed by atoms with E-state index >= 15 is 0 Å². The largest absolute Gasteiger partial charge is 0.480 e. The fraction of sp³-hybridized carbons (Fsp3) is 0.684. The zero-order chi connectivity index (χ0) is 26.4. The Morgan fingerprint density at radius 2 is 1.50 bits per heavy atom. The lowest BCUT2D eigenvalue weighted by atomic mass is 9.98. The van der Waals surface area contributed by atoms with Gasteiger partial charge in [0.05, 0.1) is 13.0 Å². The molecule has 0 spiro atoms. The van der Waals surface area contributed by atoms with E-state index in [2.05, 4.69) is 20.9 Å². The van der Waals surface area contributed by atoms with Gasteiger partial charge in [-0.25, -0.2) is 4.79 Å². The van der Waals surface area contributed by atoms with Crippen LogP contribution < -0.4 is 38.9 Å². The van der Waals surface area contributed by atoms with Gasteiger partial charge >= 0.3 is 5.97 Å². The third-order valence-corrected chi connectivity index (χ3v) is 4.93. The van der Waals surface area contributed by atoms with E-state index in [1.165, 1.54) is 0 Å². The molecule has 0 aliphatic heterocycles. The second kappa shape index (κ2) is 15.4. The molecule has 15 nitrogen and oxygen atoms in total. The minimum absolute atomic E-state index is 0.0159. The average Bonchev–Trinajstić information content (AvgIpc) is 2.76. The fourth-order valence-electron chi connectivity index (χ4n) is 2.75. The van der Waals surface area contributed by atoms with Crippen molar-refractivity contribution in [2.24, 2.45) is 33.8 Å². The molecule has 0 fully saturated rings. The van der Waals surface area contributed by atoms with Crippen LogP contribution in [0, 0.1) is 5.92 Å². The smallest absolute Gasteiger partial charge is 0.326 e. The highest BCUT2D eigenvalue weighted by Crippen LogP contribution is 2.09. The molecule has 0 saturated carbocycles. The van der Waals surface area contributed by atoms with Crippen molar-refractivity contribution in [3.05, 3.63) is 0 Å². The molecule has 0 saturated heterocycles. The number of nitrogens with one attached hydrogen (secondary N) is 3. The molecular formula is C19H36N8O7. The number of primary amides is 1. The van der Waals surface area contributed by atoms with E-state index in [-0.39, 0.29) is 25.3 Å². The summed E-state index contributed by atoms with van der Waals surface area (Å²) in [5.74, 6) is -5.43. The molecule has 5 atom stereocenters. The van der Waals surface area contributed by atoms with Crippen molar-refractivity contribution in [3.63, 3.8) is 0 Å². The van der Waals surface area contributed by atoms with Crippen molar-refractivity contribution < 1.29 is 34.2 Å². The van der Waals surface area contributed by atoms with Crippen molar-refractivity contribution in [2.45, 2.75) is 63.7 Å². The van der Waals surface area contributed by atoms with E-state index in [0.717, 1.165) is 0 Å². The summed E-state index contributed by atoms with van der Waals surface area (Å²) in [5.41, 5.74) is 21.2. The predicted molar refractivity (Wildman–Crippen MR) is 122 cm³/mol. The highest BCUT2D eigenvalue weighted by atomic mass is 16.4. The summed E-state index contributed by atoms with van der Waals surface area (Å²) >= 11 is 0. The lowest BCUT2D eigenvalue weighted by molar-refractivity contribution is -0.144. The molecule has 0 radical (unpaired) electrons. The van der Waals surface area contributed by atoms with Crippen molar-refractivity contribution in [2.75, 3.05) is 13.2 Å². The minimum atomic E-state index is -1.50. The van der Waals surface area contributed by atoms with Crippen molar-refractivity contribution >= 4 is 35.6 Å². The first kappa shape index (κ1) is 30.5. The van der Waals surface area contributed by atoms with Crippen LogP contribution >= 0.6 is 0 Å². The van der Waals surface area contributed by atoms with E-state index in [9.17, 15) is 29.1 Å². The van der Waals surface area contributed by atoms with E-state index in [1.54, 1.807) is 13.8 Å². The Bertz CT molecular complexity index is 757. The maximum absolute atomic E-state index is 12.9. The van der Waals surface area contributed by atoms with Crippen LogP contribution in [0.2, 0.25) is 0 Å². The number of aliphatic carboxylic acids is 1. The number of aliphatic imine (C=N–C) groups is 1. The van der Waals surface area contributed by atoms with Crippen molar-refractivity contribution in [1.82, 2.24) is 16.0 Å². The first-order chi connectivity index (χ1) is 15.8. The molecule has 5 unspecified atom stereocenters. The third-order valence-electron chi connectivity index (χ3n) is 4.93. The number of aliphatic hydroxyl groups is 1. The lowest BCUT2D eigenvalue weighted by Crippen LogP contribution is -2.58. The van der Waals surface area contributed by atoms with Gasteiger partial charge in [-0.05, 0) is 18.8 Å². The molecule has 0 heterocycles. The number of carbonyl (C=O) groups excluding carboxylic acids is 4. The fourth-order valence-corrected chi connectivity index (χ4v) is 2.75. The minimum Gasteiger partial charge on any atom is -0.480 e. The Labute approximate surface area is 197 Å². The van der Waals surface area contributed by atoms with Crippen LogP contribution in [0.3, 0.4) is 0 Å². The van der Waals surface area contributed by atoms with Gasteiger partial charge in [-0.15, -0.1) is 0 Å². The molecule has 0 aromatic heterocycles. The average molecular weight is 489 g/mol. The summed E-state index contributed by atoms with van der Waals surface area (Å²) in [7, 11) is 0. The van der Waals surface area contributed by atoms with Gasteiger partial charge in [-0.3, -0.25) is 24.2 Å². The number of aliphatic hydroxyl groups excluding tert-OH is 1. The first-order valence-corrected chi connectivity index (χ1v) is 10.7. The maximum Gasteiger partial charge on any atom is 0.326 e. The van der Waals surface area contributed by atoms with Crippen LogP contribution in [0.25, 0.3) is 0 Å². The van der Waals surface area contributed by atoms with E-state index in [4.69, 9.17) is 28.0 Å². The number of carboxylic acid groups (broad SMARTS) is 1. The second-order valence-electron chi connectivity index (χ2n) is 7.74. The zero-order valence-electron chi connectivity index (χ0n) is 19.3. The summed E-state index contributed by atoms with van der Waals surface area (Å²) in [6.07, 6.45) is 0.0861. The number of carbonyl (C=O) groups is 5. The number of amides is 4. The molecule has 4 amide bonds. The Kier molecular flexibility index (Phi) is 13.8. The standard InChI is InChI=1S/C19H36N8O7/c1-3-9(2)14(18(33)34)27-17(32)12(7-13(21)29)26-16(31)11(5-4-6-24-19(22)23)25-15(30)10(20)8-28/h9-12,14,28H,3-8,20H2,1-2H3,(H2,21,29)(H,25,30)(H,26,31)(H,27,32)(H,33,34)(H4,22,23,24). The summed E-state index contributed by atoms with van der Waals surface area (Å²) in [5, 5.41) is 25.4. The van der Waals surface area contributed by atoms with E-state index in [1.807, 2.05) is 0 Å². The number of guanidine groups is 1. The lowest BCUT2D eigenvalue weighted by Gasteiger charge is -2.26. The highest BCUT2D eigenvalue weighted by Gasteiger charge is 2.32. The molecule has 13 N–H and O–H groups in total. The second-order valence-corrected chi connectivity index (χ2v) is 7.74. The van der Waals surface area contributed by atoms with Gasteiger partial charge < -0.3 is 49.1 Å². The number of hydrogen-bond acceptors (Lipinski definition) is 8. The number of nitrogens with zero attached hydrogens (tertiary/aromatic N) is 1. The summed E-state index contributed by atoms with van der Waals surface area (Å²) in [6.45, 7) is 2.82. The molecular weight excluding hydrogens is 452 g/mol. The van der Waals surface area contributed by atoms with Crippen LogP contribution in [0.4, 0.5) is 0 Å². The van der Waals surface area contributed by atoms with Crippen LogP contribution in [-0.2, 0) is 24.0 Å². The molecule has 0 aliphatic rings. The number of carboxylic acids is 1. The molecule has 0 bridgehead atoms. The molecule has 15 heteroatoms. The first-order valence-electron chi connectivity index (χ1n) is 10.7. The zero-order valence-corrected chi connectivity index (χ0v) is 19.3. The van der Waals surface area contributed by atoms with E-state index < -0.39 is 72.7 Å².